The van der Waals surface area contributed by atoms with E-state index in [-0.39, 0.29) is 36.8 Å². The molecule has 0 radical (unpaired) electrons. The van der Waals surface area contributed by atoms with Crippen molar-refractivity contribution >= 4 is 23.2 Å². The molecule has 4 heterocycles. The van der Waals surface area contributed by atoms with Gasteiger partial charge >= 0.3 is 0 Å². The second kappa shape index (κ2) is 13.6. The number of carbonyl (C=O) groups excluding carboxylic acids is 1. The Balaban J connectivity index is 1.11. The maximum Gasteiger partial charge on any atom is 0.251 e. The Morgan fingerprint density at radius 1 is 1.09 bits per heavy atom. The van der Waals surface area contributed by atoms with Crippen LogP contribution in [0.15, 0.2) is 42.7 Å². The summed E-state index contributed by atoms with van der Waals surface area (Å²) in [5, 5.41) is 32.4. The molecule has 3 aromatic rings. The molecule has 2 N–H and O–H groups in total. The van der Waals surface area contributed by atoms with E-state index in [0.29, 0.717) is 28.7 Å². The number of likely N-dealkylation sites (tertiary alicyclic amines) is 1. The van der Waals surface area contributed by atoms with E-state index in [2.05, 4.69) is 42.2 Å². The van der Waals surface area contributed by atoms with E-state index in [1.54, 1.807) is 24.3 Å². The second-order valence-corrected chi connectivity index (χ2v) is 11.6. The van der Waals surface area contributed by atoms with Gasteiger partial charge in [-0.1, -0.05) is 0 Å². The lowest BCUT2D eigenvalue weighted by atomic mass is 10.0. The van der Waals surface area contributed by atoms with Crippen molar-refractivity contribution in [3.8, 4) is 29.3 Å². The van der Waals surface area contributed by atoms with Crippen molar-refractivity contribution < 1.29 is 23.8 Å². The maximum atomic E-state index is 14.9. The topological polar surface area (TPSA) is 164 Å². The number of ether oxygens (including phenoxy) is 2. The number of nitrogens with one attached hydrogen (secondary N) is 1. The van der Waals surface area contributed by atoms with Crippen molar-refractivity contribution in [2.24, 2.45) is 0 Å². The number of piperazine rings is 1. The molecule has 1 aromatic heterocycles. The van der Waals surface area contributed by atoms with Gasteiger partial charge in [0.2, 0.25) is 5.95 Å². The Kier molecular flexibility index (Phi) is 9.21. The first-order chi connectivity index (χ1) is 22.3. The number of anilines is 3. The molecule has 0 unspecified atom stereocenters. The van der Waals surface area contributed by atoms with Crippen LogP contribution in [-0.2, 0) is 9.53 Å². The van der Waals surface area contributed by atoms with Crippen LogP contribution in [0.2, 0.25) is 0 Å². The Labute approximate surface area is 265 Å². The van der Waals surface area contributed by atoms with Gasteiger partial charge in [0, 0.05) is 50.4 Å². The van der Waals surface area contributed by atoms with Gasteiger partial charge in [0.05, 0.1) is 42.6 Å². The van der Waals surface area contributed by atoms with Crippen LogP contribution < -0.4 is 15.0 Å². The Morgan fingerprint density at radius 2 is 1.87 bits per heavy atom. The van der Waals surface area contributed by atoms with E-state index in [0.717, 1.165) is 45.1 Å². The van der Waals surface area contributed by atoms with E-state index < -0.39 is 24.3 Å². The van der Waals surface area contributed by atoms with Crippen LogP contribution in [0.4, 0.5) is 21.7 Å². The summed E-state index contributed by atoms with van der Waals surface area (Å²) in [6.45, 7) is 6.50. The minimum Gasteiger partial charge on any atom is -0.486 e. The molecule has 46 heavy (non-hydrogen) atoms. The molecule has 2 aromatic carbocycles. The molecule has 6 rings (SSSR count). The molecule has 3 aliphatic rings. The molecule has 3 aliphatic heterocycles. The van der Waals surface area contributed by atoms with Crippen molar-refractivity contribution in [2.75, 3.05) is 62.7 Å². The highest BCUT2D eigenvalue weighted by Gasteiger charge is 2.34. The molecule has 3 fully saturated rings. The van der Waals surface area contributed by atoms with Crippen molar-refractivity contribution in [1.82, 2.24) is 24.8 Å². The summed E-state index contributed by atoms with van der Waals surface area (Å²) in [6.07, 6.45) is -1.96. The molecular weight excluding hydrogens is 593 g/mol. The fourth-order valence-corrected chi connectivity index (χ4v) is 5.87. The number of piperidine rings is 1. The number of hydrogen-bond donors (Lipinski definition) is 2. The van der Waals surface area contributed by atoms with Crippen LogP contribution >= 0.6 is 0 Å². The van der Waals surface area contributed by atoms with Crippen LogP contribution in [0, 0.1) is 22.7 Å². The number of aliphatic hydroxyl groups excluding tert-OH is 1. The number of carbonyl (C=O) groups is 1. The summed E-state index contributed by atoms with van der Waals surface area (Å²) >= 11 is 0. The number of hydrogen-bond acceptors (Lipinski definition) is 12. The summed E-state index contributed by atoms with van der Waals surface area (Å²) in [7, 11) is 0. The summed E-state index contributed by atoms with van der Waals surface area (Å²) in [5.41, 5.74) is 2.79. The molecule has 1 amide bonds. The zero-order valence-corrected chi connectivity index (χ0v) is 25.3. The van der Waals surface area contributed by atoms with Gasteiger partial charge in [0.1, 0.15) is 36.4 Å². The number of benzene rings is 2. The van der Waals surface area contributed by atoms with Crippen LogP contribution in [0.25, 0.3) is 11.4 Å². The first-order valence-corrected chi connectivity index (χ1v) is 15.2. The number of nitrogens with zero attached hydrogens (tertiary/aromatic N) is 8. The normalized spacial score (nSPS) is 21.1. The van der Waals surface area contributed by atoms with Crippen LogP contribution in [0.3, 0.4) is 0 Å². The fourth-order valence-electron chi connectivity index (χ4n) is 5.87. The molecular formula is C32H34FN9O4. The number of aliphatic hydroxyl groups is 1. The van der Waals surface area contributed by atoms with Gasteiger partial charge in [0.15, 0.2) is 12.0 Å². The van der Waals surface area contributed by atoms with Crippen LogP contribution in [-0.4, -0.2) is 113 Å². The quantitative estimate of drug-likeness (QED) is 0.375. The number of alkyl halides is 1. The summed E-state index contributed by atoms with van der Waals surface area (Å²) in [5.74, 6) is 0.252. The first kappa shape index (κ1) is 31.1. The van der Waals surface area contributed by atoms with Crippen LogP contribution in [0.5, 0.6) is 5.75 Å². The minimum absolute atomic E-state index is 0.179. The third-order valence-corrected chi connectivity index (χ3v) is 8.52. The summed E-state index contributed by atoms with van der Waals surface area (Å²) < 4.78 is 26.1. The van der Waals surface area contributed by atoms with Gasteiger partial charge in [0.25, 0.3) is 5.91 Å². The summed E-state index contributed by atoms with van der Waals surface area (Å²) in [6, 6.07) is 15.3. The van der Waals surface area contributed by atoms with Gasteiger partial charge in [-0.25, -0.2) is 14.4 Å². The lowest BCUT2D eigenvalue weighted by molar-refractivity contribution is -0.143. The summed E-state index contributed by atoms with van der Waals surface area (Å²) in [4.78, 5) is 31.0. The molecule has 0 aliphatic carbocycles. The van der Waals surface area contributed by atoms with Crippen LogP contribution in [0.1, 0.15) is 24.5 Å². The van der Waals surface area contributed by atoms with Crippen molar-refractivity contribution in [3.05, 3.63) is 53.9 Å². The lowest BCUT2D eigenvalue weighted by Crippen LogP contribution is -2.56. The van der Waals surface area contributed by atoms with Crippen molar-refractivity contribution in [2.45, 2.75) is 37.8 Å². The molecule has 0 bridgehead atoms. The van der Waals surface area contributed by atoms with E-state index in [1.165, 1.54) is 18.2 Å². The first-order valence-electron chi connectivity index (χ1n) is 15.2. The van der Waals surface area contributed by atoms with Gasteiger partial charge in [-0.2, -0.15) is 15.5 Å². The van der Waals surface area contributed by atoms with E-state index >= 15 is 0 Å². The third-order valence-electron chi connectivity index (χ3n) is 8.52. The van der Waals surface area contributed by atoms with Gasteiger partial charge in [-0.05, 0) is 43.3 Å². The predicted octanol–water partition coefficient (Wildman–Crippen LogP) is 2.24. The zero-order chi connectivity index (χ0) is 32.2. The standard InChI is InChI=1S/C32H34FN9O4/c1-20(43)31(44)42-7-6-29(26(33)16-42)46-28-5-2-21(12-23(28)15-35)30-36-19-37-32(39-30)38-24-3-4-27(22(13-24)14-34)41-10-8-40(9-11-41)25-17-45-18-25/h2-5,12-13,19-20,25-26,29,43H,6-11,16-18H2,1H3,(H,36,37,38,39)/t20-,26-,29-/m0/s1. The number of aromatic nitrogens is 3. The van der Waals surface area contributed by atoms with E-state index in [9.17, 15) is 24.8 Å². The third kappa shape index (κ3) is 6.70. The highest BCUT2D eigenvalue weighted by Crippen LogP contribution is 2.30. The fraction of sp³-hybridized carbons (Fsp3) is 0.438. The SMILES string of the molecule is C[C@H](O)C(=O)N1CC[C@H](Oc2ccc(-c3ncnc(Nc4ccc(N5CCN(C6COC6)CC5)c(C#N)c4)n3)cc2C#N)[C@@H](F)C1. The molecule has 14 heteroatoms. The van der Waals surface area contributed by atoms with E-state index in [4.69, 9.17) is 9.47 Å². The van der Waals surface area contributed by atoms with Crippen molar-refractivity contribution in [1.29, 1.82) is 10.5 Å². The average molecular weight is 628 g/mol. The molecule has 13 nitrogen and oxygen atoms in total. The highest BCUT2D eigenvalue weighted by atomic mass is 19.1. The number of halogens is 1. The molecule has 0 saturated carbocycles. The number of nitriles is 2. The Hall–Kier alpha value is -4.89. The minimum atomic E-state index is -1.48. The highest BCUT2D eigenvalue weighted by molar-refractivity contribution is 5.80. The average Bonchev–Trinajstić information content (AvgIpc) is 3.05. The van der Waals surface area contributed by atoms with Gasteiger partial charge < -0.3 is 29.7 Å². The largest absolute Gasteiger partial charge is 0.486 e. The monoisotopic (exact) mass is 627 g/mol. The van der Waals surface area contributed by atoms with Gasteiger partial charge in [-0.15, -0.1) is 0 Å². The Morgan fingerprint density at radius 3 is 2.54 bits per heavy atom. The predicted molar refractivity (Wildman–Crippen MR) is 165 cm³/mol. The van der Waals surface area contributed by atoms with E-state index in [1.807, 2.05) is 12.1 Å². The second-order valence-electron chi connectivity index (χ2n) is 11.6. The Bertz CT molecular complexity index is 1660. The smallest absolute Gasteiger partial charge is 0.251 e. The lowest BCUT2D eigenvalue weighted by Gasteiger charge is -2.43. The molecule has 3 saturated heterocycles. The number of amides is 1. The molecule has 3 atom stereocenters. The van der Waals surface area contributed by atoms with Crippen molar-refractivity contribution in [3.63, 3.8) is 0 Å². The number of rotatable bonds is 8. The molecule has 0 spiro atoms. The maximum absolute atomic E-state index is 14.9. The molecule has 238 valence electrons. The van der Waals surface area contributed by atoms with Gasteiger partial charge in [-0.3, -0.25) is 9.69 Å². The zero-order valence-electron chi connectivity index (χ0n) is 25.3.